The van der Waals surface area contributed by atoms with Crippen LogP contribution in [0.4, 0.5) is 14.5 Å². The number of hydrogen-bond donors (Lipinski definition) is 2. The first-order chi connectivity index (χ1) is 6.91. The summed E-state index contributed by atoms with van der Waals surface area (Å²) in [5.41, 5.74) is 9.80. The Bertz CT molecular complexity index is 414. The molecule has 0 fully saturated rings. The molecule has 0 aromatic heterocycles. The second-order valence-electron chi connectivity index (χ2n) is 2.77. The maximum Gasteiger partial charge on any atom is 0.230 e. The van der Waals surface area contributed by atoms with Crippen LogP contribution in [0.15, 0.2) is 17.0 Å². The number of hydrogen-bond acceptors (Lipinski definition) is 3. The van der Waals surface area contributed by atoms with E-state index < -0.39 is 39.0 Å². The highest BCUT2D eigenvalue weighted by Crippen LogP contribution is 2.20. The van der Waals surface area contributed by atoms with Gasteiger partial charge in [-0.1, -0.05) is 0 Å². The maximum atomic E-state index is 13.1. The molecule has 1 rings (SSSR count). The Morgan fingerprint density at radius 3 is 2.20 bits per heavy atom. The third-order valence-electron chi connectivity index (χ3n) is 1.52. The number of nitrogens with two attached hydrogens (primary N) is 2. The number of primary amides is 1. The van der Waals surface area contributed by atoms with E-state index in [1.807, 2.05) is 0 Å². The fraction of sp³-hybridized carbons (Fsp3) is 0.125. The van der Waals surface area contributed by atoms with Gasteiger partial charge in [0.05, 0.1) is 10.8 Å². The van der Waals surface area contributed by atoms with Crippen molar-refractivity contribution in [2.45, 2.75) is 4.90 Å². The van der Waals surface area contributed by atoms with Gasteiger partial charge >= 0.3 is 0 Å². The quantitative estimate of drug-likeness (QED) is 0.729. The molecule has 1 aromatic rings. The third kappa shape index (κ3) is 2.72. The monoisotopic (exact) mass is 234 g/mol. The van der Waals surface area contributed by atoms with Gasteiger partial charge in [-0.2, -0.15) is 0 Å². The molecule has 15 heavy (non-hydrogen) atoms. The normalized spacial score (nSPS) is 12.4. The highest BCUT2D eigenvalue weighted by molar-refractivity contribution is 7.85. The second kappa shape index (κ2) is 4.35. The largest absolute Gasteiger partial charge is 0.399 e. The molecule has 0 bridgehead atoms. The smallest absolute Gasteiger partial charge is 0.230 e. The fourth-order valence-electron chi connectivity index (χ4n) is 0.998. The molecule has 0 saturated heterocycles. The van der Waals surface area contributed by atoms with Gasteiger partial charge in [0.25, 0.3) is 0 Å². The van der Waals surface area contributed by atoms with E-state index in [2.05, 4.69) is 0 Å². The molecule has 0 radical (unpaired) electrons. The summed E-state index contributed by atoms with van der Waals surface area (Å²) >= 11 is 0. The van der Waals surface area contributed by atoms with Gasteiger partial charge in [0.2, 0.25) is 5.91 Å². The zero-order chi connectivity index (χ0) is 11.6. The molecular weight excluding hydrogens is 226 g/mol. The van der Waals surface area contributed by atoms with Crippen molar-refractivity contribution in [1.82, 2.24) is 0 Å². The molecule has 0 spiro atoms. The van der Waals surface area contributed by atoms with E-state index in [4.69, 9.17) is 11.5 Å². The summed E-state index contributed by atoms with van der Waals surface area (Å²) < 4.78 is 37.6. The average Bonchev–Trinajstić information content (AvgIpc) is 1.99. The maximum absolute atomic E-state index is 13.1. The van der Waals surface area contributed by atoms with Crippen LogP contribution in [0.3, 0.4) is 0 Å². The lowest BCUT2D eigenvalue weighted by Crippen LogP contribution is -2.20. The lowest BCUT2D eigenvalue weighted by Gasteiger charge is -2.04. The van der Waals surface area contributed by atoms with Gasteiger partial charge in [-0.15, -0.1) is 0 Å². The molecule has 0 aliphatic rings. The van der Waals surface area contributed by atoms with Crippen molar-refractivity contribution in [2.75, 3.05) is 11.5 Å². The van der Waals surface area contributed by atoms with Crippen LogP contribution in [0.5, 0.6) is 0 Å². The zero-order valence-electron chi connectivity index (χ0n) is 7.50. The van der Waals surface area contributed by atoms with Crippen LogP contribution in [0.2, 0.25) is 0 Å². The summed E-state index contributed by atoms with van der Waals surface area (Å²) in [6, 6.07) is 1.66. The minimum atomic E-state index is -2.13. The van der Waals surface area contributed by atoms with E-state index in [0.717, 1.165) is 12.1 Å². The molecule has 82 valence electrons. The van der Waals surface area contributed by atoms with Crippen LogP contribution in [-0.2, 0) is 15.6 Å². The van der Waals surface area contributed by atoms with Crippen molar-refractivity contribution in [1.29, 1.82) is 0 Å². The van der Waals surface area contributed by atoms with Crippen LogP contribution in [0, 0.1) is 11.6 Å². The number of halogens is 2. The summed E-state index contributed by atoms with van der Waals surface area (Å²) in [6.07, 6.45) is 0. The second-order valence-corrected chi connectivity index (χ2v) is 4.16. The molecule has 0 heterocycles. The van der Waals surface area contributed by atoms with Gasteiger partial charge in [-0.25, -0.2) is 8.78 Å². The first-order valence-corrected chi connectivity index (χ1v) is 5.15. The summed E-state index contributed by atoms with van der Waals surface area (Å²) in [7, 11) is -2.13. The minimum absolute atomic E-state index is 0.121. The Morgan fingerprint density at radius 1 is 1.33 bits per heavy atom. The Morgan fingerprint density at radius 2 is 1.80 bits per heavy atom. The Kier molecular flexibility index (Phi) is 3.35. The van der Waals surface area contributed by atoms with Gasteiger partial charge in [-0.05, 0) is 12.1 Å². The molecule has 7 heteroatoms. The molecule has 1 unspecified atom stereocenters. The first kappa shape index (κ1) is 11.6. The summed E-state index contributed by atoms with van der Waals surface area (Å²) in [5, 5.41) is 0. The number of nitrogen functional groups attached to an aromatic ring is 1. The number of anilines is 1. The number of amides is 1. The fourth-order valence-corrected chi connectivity index (χ4v) is 1.95. The van der Waals surface area contributed by atoms with Crippen LogP contribution >= 0.6 is 0 Å². The van der Waals surface area contributed by atoms with Gasteiger partial charge < -0.3 is 11.5 Å². The van der Waals surface area contributed by atoms with E-state index in [1.54, 1.807) is 0 Å². The van der Waals surface area contributed by atoms with Gasteiger partial charge in [0.15, 0.2) is 0 Å². The van der Waals surface area contributed by atoms with Crippen LogP contribution in [0.25, 0.3) is 0 Å². The first-order valence-electron chi connectivity index (χ1n) is 3.83. The van der Waals surface area contributed by atoms with Crippen molar-refractivity contribution in [3.63, 3.8) is 0 Å². The lowest BCUT2D eigenvalue weighted by molar-refractivity contribution is -0.115. The highest BCUT2D eigenvalue weighted by atomic mass is 32.2. The van der Waals surface area contributed by atoms with Gasteiger partial charge in [0.1, 0.15) is 22.3 Å². The highest BCUT2D eigenvalue weighted by Gasteiger charge is 2.18. The van der Waals surface area contributed by atoms with E-state index in [9.17, 15) is 17.8 Å². The molecule has 4 N–H and O–H groups in total. The molecule has 1 aromatic carbocycles. The number of benzene rings is 1. The Balaban J connectivity index is 3.14. The van der Waals surface area contributed by atoms with E-state index >= 15 is 0 Å². The molecule has 0 aliphatic carbocycles. The molecular formula is C8H8F2N2O2S. The molecule has 4 nitrogen and oxygen atoms in total. The van der Waals surface area contributed by atoms with Crippen molar-refractivity contribution >= 4 is 22.4 Å². The van der Waals surface area contributed by atoms with Crippen molar-refractivity contribution in [3.8, 4) is 0 Å². The minimum Gasteiger partial charge on any atom is -0.399 e. The topological polar surface area (TPSA) is 86.2 Å². The van der Waals surface area contributed by atoms with E-state index in [0.29, 0.717) is 0 Å². The van der Waals surface area contributed by atoms with E-state index in [1.165, 1.54) is 0 Å². The third-order valence-corrected chi connectivity index (χ3v) is 2.91. The Labute approximate surface area is 86.7 Å². The summed E-state index contributed by atoms with van der Waals surface area (Å²) in [5.74, 6) is -3.62. The molecule has 0 saturated carbocycles. The SMILES string of the molecule is NC(=O)CS(=O)c1c(F)cc(N)cc1F. The van der Waals surface area contributed by atoms with Crippen molar-refractivity contribution in [3.05, 3.63) is 23.8 Å². The van der Waals surface area contributed by atoms with Crippen molar-refractivity contribution in [2.24, 2.45) is 5.73 Å². The standard InChI is InChI=1S/C8H8F2N2O2S/c9-5-1-4(11)2-6(10)8(5)15(14)3-7(12)13/h1-2H,3,11H2,(H2,12,13). The van der Waals surface area contributed by atoms with Crippen LogP contribution in [-0.4, -0.2) is 15.9 Å². The predicted molar refractivity (Wildman–Crippen MR) is 51.2 cm³/mol. The average molecular weight is 234 g/mol. The molecule has 0 aliphatic heterocycles. The van der Waals surface area contributed by atoms with Crippen LogP contribution in [0.1, 0.15) is 0 Å². The Hall–Kier alpha value is -1.50. The predicted octanol–water partition coefficient (Wildman–Crippen LogP) is 0.140. The number of rotatable bonds is 3. The zero-order valence-corrected chi connectivity index (χ0v) is 8.31. The molecule has 1 atom stereocenters. The number of carbonyl (C=O) groups excluding carboxylic acids is 1. The van der Waals surface area contributed by atoms with E-state index in [-0.39, 0.29) is 5.69 Å². The molecule has 1 amide bonds. The van der Waals surface area contributed by atoms with Gasteiger partial charge in [-0.3, -0.25) is 9.00 Å². The van der Waals surface area contributed by atoms with Crippen LogP contribution < -0.4 is 11.5 Å². The number of carbonyl (C=O) groups is 1. The lowest BCUT2D eigenvalue weighted by atomic mass is 10.3. The summed E-state index contributed by atoms with van der Waals surface area (Å²) in [4.78, 5) is 9.75. The van der Waals surface area contributed by atoms with Crippen molar-refractivity contribution < 1.29 is 17.8 Å². The van der Waals surface area contributed by atoms with Gasteiger partial charge in [0, 0.05) is 5.69 Å². The summed E-state index contributed by atoms with van der Waals surface area (Å²) in [6.45, 7) is 0.